The maximum atomic E-state index is 11.3. The average molecular weight is 194 g/mol. The summed E-state index contributed by atoms with van der Waals surface area (Å²) in [5.41, 5.74) is -0.00669. The van der Waals surface area contributed by atoms with Crippen LogP contribution in [0.15, 0.2) is 17.2 Å². The summed E-state index contributed by atoms with van der Waals surface area (Å²) in [7, 11) is 0. The van der Waals surface area contributed by atoms with Gasteiger partial charge in [-0.1, -0.05) is 0 Å². The standard InChI is InChI=1S/C10H14N2O2/c13-10-11-3-4-12(10)6-7-5-8-1-2-9(7)14-8/h3-4,7-9H,1-2,5-6H2,(H,11,13). The van der Waals surface area contributed by atoms with Crippen LogP contribution in [0, 0.1) is 5.92 Å². The third kappa shape index (κ3) is 1.21. The molecule has 1 aromatic rings. The minimum atomic E-state index is -0.00669. The van der Waals surface area contributed by atoms with Crippen LogP contribution < -0.4 is 5.69 Å². The molecular weight excluding hydrogens is 180 g/mol. The van der Waals surface area contributed by atoms with Crippen LogP contribution >= 0.6 is 0 Å². The Morgan fingerprint density at radius 2 is 2.50 bits per heavy atom. The summed E-state index contributed by atoms with van der Waals surface area (Å²) in [4.78, 5) is 13.9. The van der Waals surface area contributed by atoms with Gasteiger partial charge in [0.05, 0.1) is 12.2 Å². The summed E-state index contributed by atoms with van der Waals surface area (Å²) < 4.78 is 7.49. The van der Waals surface area contributed by atoms with Gasteiger partial charge in [0.2, 0.25) is 0 Å². The highest BCUT2D eigenvalue weighted by Crippen LogP contribution is 2.39. The molecule has 3 unspecified atom stereocenters. The first kappa shape index (κ1) is 8.29. The fourth-order valence-corrected chi connectivity index (χ4v) is 2.68. The summed E-state index contributed by atoms with van der Waals surface area (Å²) in [5, 5.41) is 0. The van der Waals surface area contributed by atoms with E-state index in [9.17, 15) is 4.79 Å². The highest BCUT2D eigenvalue weighted by molar-refractivity contribution is 4.90. The van der Waals surface area contributed by atoms with Crippen molar-refractivity contribution in [1.82, 2.24) is 9.55 Å². The molecule has 2 saturated heterocycles. The molecule has 14 heavy (non-hydrogen) atoms. The molecule has 1 aromatic heterocycles. The first-order valence-electron chi connectivity index (χ1n) is 5.22. The van der Waals surface area contributed by atoms with Gasteiger partial charge in [-0.15, -0.1) is 0 Å². The molecule has 4 heteroatoms. The number of hydrogen-bond donors (Lipinski definition) is 1. The van der Waals surface area contributed by atoms with E-state index in [4.69, 9.17) is 4.74 Å². The fourth-order valence-electron chi connectivity index (χ4n) is 2.68. The van der Waals surface area contributed by atoms with Crippen molar-refractivity contribution in [1.29, 1.82) is 0 Å². The van der Waals surface area contributed by atoms with Crippen LogP contribution in [0.2, 0.25) is 0 Å². The molecule has 0 spiro atoms. The van der Waals surface area contributed by atoms with Gasteiger partial charge in [-0.2, -0.15) is 0 Å². The topological polar surface area (TPSA) is 47.0 Å². The van der Waals surface area contributed by atoms with E-state index in [-0.39, 0.29) is 5.69 Å². The Bertz CT molecular complexity index is 381. The van der Waals surface area contributed by atoms with E-state index in [2.05, 4.69) is 4.98 Å². The normalized spacial score (nSPS) is 35.3. The Labute approximate surface area is 81.9 Å². The molecule has 0 aromatic carbocycles. The minimum Gasteiger partial charge on any atom is -0.375 e. The number of aromatic amines is 1. The van der Waals surface area contributed by atoms with Gasteiger partial charge >= 0.3 is 5.69 Å². The maximum absolute atomic E-state index is 11.3. The van der Waals surface area contributed by atoms with E-state index in [0.717, 1.165) is 13.0 Å². The van der Waals surface area contributed by atoms with Gasteiger partial charge in [0.15, 0.2) is 0 Å². The van der Waals surface area contributed by atoms with Crippen molar-refractivity contribution in [3.05, 3.63) is 22.9 Å². The number of ether oxygens (including phenoxy) is 1. The van der Waals surface area contributed by atoms with Crippen molar-refractivity contribution in [2.45, 2.75) is 38.0 Å². The van der Waals surface area contributed by atoms with Gasteiger partial charge in [-0.25, -0.2) is 4.79 Å². The van der Waals surface area contributed by atoms with Crippen LogP contribution in [0.5, 0.6) is 0 Å². The Hall–Kier alpha value is -1.03. The Morgan fingerprint density at radius 3 is 3.07 bits per heavy atom. The number of aromatic nitrogens is 2. The molecule has 2 aliphatic heterocycles. The molecule has 0 amide bonds. The Balaban J connectivity index is 1.74. The smallest absolute Gasteiger partial charge is 0.325 e. The van der Waals surface area contributed by atoms with Gasteiger partial charge in [0.25, 0.3) is 0 Å². The molecule has 0 aliphatic carbocycles. The quantitative estimate of drug-likeness (QED) is 0.755. The molecule has 2 fully saturated rings. The van der Waals surface area contributed by atoms with Crippen molar-refractivity contribution in [3.63, 3.8) is 0 Å². The number of hydrogen-bond acceptors (Lipinski definition) is 2. The molecule has 2 aliphatic rings. The lowest BCUT2D eigenvalue weighted by Gasteiger charge is -2.18. The van der Waals surface area contributed by atoms with Crippen molar-refractivity contribution >= 4 is 0 Å². The van der Waals surface area contributed by atoms with E-state index in [0.29, 0.717) is 18.1 Å². The van der Waals surface area contributed by atoms with E-state index in [1.165, 1.54) is 12.8 Å². The van der Waals surface area contributed by atoms with E-state index >= 15 is 0 Å². The molecule has 0 saturated carbocycles. The van der Waals surface area contributed by atoms with Crippen molar-refractivity contribution in [2.24, 2.45) is 5.92 Å². The predicted octanol–water partition coefficient (Wildman–Crippen LogP) is 0.744. The number of H-pyrrole nitrogens is 1. The molecule has 2 bridgehead atoms. The first-order valence-corrected chi connectivity index (χ1v) is 5.22. The SMILES string of the molecule is O=c1[nH]ccn1CC1CC2CCC1O2. The second kappa shape index (κ2) is 2.98. The summed E-state index contributed by atoms with van der Waals surface area (Å²) in [6, 6.07) is 0. The van der Waals surface area contributed by atoms with Crippen molar-refractivity contribution in [3.8, 4) is 0 Å². The highest BCUT2D eigenvalue weighted by Gasteiger charge is 2.40. The second-order valence-corrected chi connectivity index (χ2v) is 4.29. The zero-order valence-electron chi connectivity index (χ0n) is 7.98. The molecular formula is C10H14N2O2. The van der Waals surface area contributed by atoms with Crippen LogP contribution in [0.1, 0.15) is 19.3 Å². The number of imidazole rings is 1. The van der Waals surface area contributed by atoms with Gasteiger partial charge in [-0.05, 0) is 19.3 Å². The second-order valence-electron chi connectivity index (χ2n) is 4.29. The Kier molecular flexibility index (Phi) is 1.77. The Morgan fingerprint density at radius 1 is 1.57 bits per heavy atom. The van der Waals surface area contributed by atoms with Crippen molar-refractivity contribution in [2.75, 3.05) is 0 Å². The molecule has 3 rings (SSSR count). The lowest BCUT2D eigenvalue weighted by atomic mass is 9.89. The average Bonchev–Trinajstić information content (AvgIpc) is 2.83. The van der Waals surface area contributed by atoms with Crippen LogP contribution in [0.4, 0.5) is 0 Å². The maximum Gasteiger partial charge on any atom is 0.325 e. The summed E-state index contributed by atoms with van der Waals surface area (Å²) in [5.74, 6) is 0.544. The number of rotatable bonds is 2. The van der Waals surface area contributed by atoms with Crippen LogP contribution in [-0.2, 0) is 11.3 Å². The molecule has 1 N–H and O–H groups in total. The van der Waals surface area contributed by atoms with Gasteiger partial charge in [0, 0.05) is 24.9 Å². The fraction of sp³-hybridized carbons (Fsp3) is 0.700. The minimum absolute atomic E-state index is 0.00669. The summed E-state index contributed by atoms with van der Waals surface area (Å²) in [6.45, 7) is 0.809. The third-order valence-corrected chi connectivity index (χ3v) is 3.39. The van der Waals surface area contributed by atoms with E-state index in [1.54, 1.807) is 10.8 Å². The van der Waals surface area contributed by atoms with Gasteiger partial charge < -0.3 is 9.72 Å². The first-order chi connectivity index (χ1) is 6.83. The van der Waals surface area contributed by atoms with Crippen LogP contribution in [-0.4, -0.2) is 21.8 Å². The molecule has 3 heterocycles. The van der Waals surface area contributed by atoms with E-state index < -0.39 is 0 Å². The number of nitrogens with zero attached hydrogens (tertiary/aromatic N) is 1. The zero-order chi connectivity index (χ0) is 9.54. The lowest BCUT2D eigenvalue weighted by Crippen LogP contribution is -2.26. The predicted molar refractivity (Wildman–Crippen MR) is 51.1 cm³/mol. The summed E-state index contributed by atoms with van der Waals surface area (Å²) >= 11 is 0. The monoisotopic (exact) mass is 194 g/mol. The summed E-state index contributed by atoms with van der Waals surface area (Å²) in [6.07, 6.45) is 7.89. The van der Waals surface area contributed by atoms with Gasteiger partial charge in [-0.3, -0.25) is 4.57 Å². The van der Waals surface area contributed by atoms with E-state index in [1.807, 2.05) is 6.20 Å². The number of fused-ring (bicyclic) bond motifs is 2. The van der Waals surface area contributed by atoms with Crippen LogP contribution in [0.3, 0.4) is 0 Å². The van der Waals surface area contributed by atoms with Crippen LogP contribution in [0.25, 0.3) is 0 Å². The molecule has 0 radical (unpaired) electrons. The molecule has 4 nitrogen and oxygen atoms in total. The molecule has 76 valence electrons. The highest BCUT2D eigenvalue weighted by atomic mass is 16.5. The third-order valence-electron chi connectivity index (χ3n) is 3.39. The largest absolute Gasteiger partial charge is 0.375 e. The van der Waals surface area contributed by atoms with Crippen molar-refractivity contribution < 1.29 is 4.74 Å². The van der Waals surface area contributed by atoms with Gasteiger partial charge in [0.1, 0.15) is 0 Å². The zero-order valence-corrected chi connectivity index (χ0v) is 7.98. The molecule has 3 atom stereocenters. The lowest BCUT2D eigenvalue weighted by molar-refractivity contribution is 0.0897. The number of nitrogens with one attached hydrogen (secondary N) is 1.